The topological polar surface area (TPSA) is 110 Å². The van der Waals surface area contributed by atoms with E-state index in [2.05, 4.69) is 14.0 Å². The molecule has 0 radical (unpaired) electrons. The molecule has 1 fully saturated rings. The standard InChI is InChI=1S/C13H30NO3Si.C2F6NO4S2/c1-6-8-13-9-7-10-14(2,11-13)12-18(15-3,16-4)17-5;3-1(4,5)14(10,11)9-15(12,13)2(6,7)8/h13H,6-12H2,1-5H3;/q+1;-1. The zero-order valence-corrected chi connectivity index (χ0v) is 21.5. The van der Waals surface area contributed by atoms with Gasteiger partial charge in [-0.15, -0.1) is 0 Å². The van der Waals surface area contributed by atoms with Crippen molar-refractivity contribution in [1.29, 1.82) is 0 Å². The van der Waals surface area contributed by atoms with Crippen LogP contribution >= 0.6 is 0 Å². The number of quaternary nitrogens is 1. The smallest absolute Gasteiger partial charge is 0.421 e. The van der Waals surface area contributed by atoms with Gasteiger partial charge in [-0.25, -0.2) is 16.8 Å². The molecule has 200 valence electrons. The molecule has 0 aliphatic carbocycles. The quantitative estimate of drug-likeness (QED) is 0.244. The lowest BCUT2D eigenvalue weighted by molar-refractivity contribution is -0.910. The number of hydrogen-bond acceptors (Lipinski definition) is 7. The van der Waals surface area contributed by atoms with Gasteiger partial charge in [0.05, 0.1) is 20.1 Å². The van der Waals surface area contributed by atoms with Crippen molar-refractivity contribution < 1.29 is 60.9 Å². The van der Waals surface area contributed by atoms with E-state index in [4.69, 9.17) is 13.3 Å². The van der Waals surface area contributed by atoms with Crippen molar-refractivity contribution in [3.8, 4) is 0 Å². The van der Waals surface area contributed by atoms with E-state index < -0.39 is 39.9 Å². The maximum Gasteiger partial charge on any atom is 0.558 e. The molecule has 1 aliphatic heterocycles. The number of hydrogen-bond donors (Lipinski definition) is 0. The van der Waals surface area contributed by atoms with Gasteiger partial charge in [0, 0.05) is 27.2 Å². The molecule has 1 heterocycles. The molecule has 0 aromatic carbocycles. The Bertz CT molecular complexity index is 767. The van der Waals surface area contributed by atoms with Gasteiger partial charge in [-0.2, -0.15) is 26.3 Å². The first kappa shape index (κ1) is 32.5. The van der Waals surface area contributed by atoms with Crippen LogP contribution in [0.3, 0.4) is 0 Å². The molecule has 2 atom stereocenters. The van der Waals surface area contributed by atoms with Crippen LogP contribution in [0.1, 0.15) is 32.6 Å². The zero-order valence-electron chi connectivity index (χ0n) is 18.9. The van der Waals surface area contributed by atoms with Crippen molar-refractivity contribution in [2.24, 2.45) is 5.92 Å². The molecule has 9 nitrogen and oxygen atoms in total. The van der Waals surface area contributed by atoms with Gasteiger partial charge in [0.15, 0.2) is 20.0 Å². The normalized spacial score (nSPS) is 23.1. The van der Waals surface area contributed by atoms with E-state index in [0.29, 0.717) is 0 Å². The second-order valence-electron chi connectivity index (χ2n) is 7.69. The van der Waals surface area contributed by atoms with Crippen molar-refractivity contribution in [1.82, 2.24) is 0 Å². The minimum Gasteiger partial charge on any atom is -0.421 e. The highest BCUT2D eigenvalue weighted by Crippen LogP contribution is 2.36. The monoisotopic (exact) mass is 556 g/mol. The van der Waals surface area contributed by atoms with Crippen LogP contribution in [0.5, 0.6) is 0 Å². The van der Waals surface area contributed by atoms with Crippen molar-refractivity contribution in [2.45, 2.75) is 43.6 Å². The van der Waals surface area contributed by atoms with Gasteiger partial charge in [0.2, 0.25) is 0 Å². The zero-order chi connectivity index (χ0) is 26.4. The van der Waals surface area contributed by atoms with Crippen LogP contribution in [0.4, 0.5) is 26.3 Å². The van der Waals surface area contributed by atoms with Crippen molar-refractivity contribution in [3.05, 3.63) is 4.13 Å². The van der Waals surface area contributed by atoms with Crippen molar-refractivity contribution in [2.75, 3.05) is 47.6 Å². The maximum absolute atomic E-state index is 11.4. The molecular weight excluding hydrogens is 526 g/mol. The molecule has 1 rings (SSSR count). The van der Waals surface area contributed by atoms with E-state index in [0.717, 1.165) is 20.7 Å². The van der Waals surface area contributed by atoms with Crippen LogP contribution in [0.2, 0.25) is 0 Å². The van der Waals surface area contributed by atoms with Crippen LogP contribution < -0.4 is 0 Å². The summed E-state index contributed by atoms with van der Waals surface area (Å²) in [5.74, 6) is 0.853. The first-order valence-electron chi connectivity index (χ1n) is 9.59. The average molecular weight is 557 g/mol. The summed E-state index contributed by atoms with van der Waals surface area (Å²) in [7, 11) is -8.46. The molecule has 0 bridgehead atoms. The average Bonchev–Trinajstić information content (AvgIpc) is 2.64. The Balaban J connectivity index is 0.000000633. The summed E-state index contributed by atoms with van der Waals surface area (Å²) < 4.78 is 127. The van der Waals surface area contributed by atoms with E-state index in [9.17, 15) is 43.2 Å². The molecule has 0 aromatic rings. The lowest BCUT2D eigenvalue weighted by Crippen LogP contribution is -2.63. The number of halogens is 6. The summed E-state index contributed by atoms with van der Waals surface area (Å²) in [5.41, 5.74) is -12.4. The van der Waals surface area contributed by atoms with Gasteiger partial charge < -0.3 is 21.9 Å². The van der Waals surface area contributed by atoms with Gasteiger partial charge in [0.25, 0.3) is 0 Å². The van der Waals surface area contributed by atoms with Crippen LogP contribution in [-0.4, -0.2) is 88.8 Å². The van der Waals surface area contributed by atoms with Crippen LogP contribution in [0.25, 0.3) is 4.13 Å². The SMILES string of the molecule is CCCC1CCC[N+](C)(C[Si](OC)(OC)OC)C1.O=S(=O)([N-]S(=O)(=O)C(F)(F)F)C(F)(F)F. The number of rotatable bonds is 9. The summed E-state index contributed by atoms with van der Waals surface area (Å²) in [6, 6.07) is 0. The summed E-state index contributed by atoms with van der Waals surface area (Å²) in [6.45, 7) is 4.72. The Labute approximate surface area is 191 Å². The predicted molar refractivity (Wildman–Crippen MR) is 109 cm³/mol. The van der Waals surface area contributed by atoms with Crippen LogP contribution in [0.15, 0.2) is 0 Å². The van der Waals surface area contributed by atoms with Gasteiger partial charge in [-0.1, -0.05) is 13.3 Å². The van der Waals surface area contributed by atoms with E-state index in [1.807, 2.05) is 0 Å². The third kappa shape index (κ3) is 9.58. The minimum absolute atomic E-state index is 0.778. The van der Waals surface area contributed by atoms with Crippen LogP contribution in [-0.2, 0) is 33.3 Å². The Morgan fingerprint density at radius 1 is 0.939 bits per heavy atom. The van der Waals surface area contributed by atoms with Crippen molar-refractivity contribution >= 4 is 28.9 Å². The molecule has 33 heavy (non-hydrogen) atoms. The van der Waals surface area contributed by atoms with Crippen molar-refractivity contribution in [3.63, 3.8) is 0 Å². The third-order valence-electron chi connectivity index (χ3n) is 5.00. The molecule has 18 heteroatoms. The summed E-state index contributed by atoms with van der Waals surface area (Å²) in [4.78, 5) is 0. The first-order chi connectivity index (χ1) is 14.7. The minimum atomic E-state index is -6.72. The fourth-order valence-electron chi connectivity index (χ4n) is 3.48. The molecule has 1 saturated heterocycles. The van der Waals surface area contributed by atoms with Gasteiger partial charge in [-0.3, -0.25) is 0 Å². The molecule has 0 saturated carbocycles. The molecule has 0 aromatic heterocycles. The van der Waals surface area contributed by atoms with Gasteiger partial charge in [0.1, 0.15) is 6.17 Å². The highest BCUT2D eigenvalue weighted by Gasteiger charge is 2.49. The van der Waals surface area contributed by atoms with E-state index in [1.165, 1.54) is 38.8 Å². The second kappa shape index (κ2) is 12.0. The lowest BCUT2D eigenvalue weighted by atomic mass is 9.93. The fourth-order valence-corrected chi connectivity index (χ4v) is 7.30. The molecular formula is C15H30F6N2O7S2Si. The predicted octanol–water partition coefficient (Wildman–Crippen LogP) is 3.12. The summed E-state index contributed by atoms with van der Waals surface area (Å²) in [5, 5.41) is 0. The number of likely N-dealkylation sites (tertiary alicyclic amines) is 1. The Hall–Kier alpha value is -0.503. The molecule has 2 unspecified atom stereocenters. The molecule has 1 aliphatic rings. The Morgan fingerprint density at radius 3 is 1.70 bits per heavy atom. The van der Waals surface area contributed by atoms with Crippen LogP contribution in [0, 0.1) is 5.92 Å². The highest BCUT2D eigenvalue weighted by atomic mass is 32.3. The summed E-state index contributed by atoms with van der Waals surface area (Å²) >= 11 is 0. The first-order valence-corrected chi connectivity index (χ1v) is 14.4. The highest BCUT2D eigenvalue weighted by molar-refractivity contribution is 8.13. The van der Waals surface area contributed by atoms with Gasteiger partial charge >= 0.3 is 19.8 Å². The summed E-state index contributed by atoms with van der Waals surface area (Å²) in [6.07, 6.45) is 6.20. The number of piperidine rings is 1. The van der Waals surface area contributed by atoms with E-state index in [-0.39, 0.29) is 0 Å². The Kier molecular flexibility index (Phi) is 11.8. The second-order valence-corrected chi connectivity index (χ2v) is 14.0. The number of alkyl halides is 6. The van der Waals surface area contributed by atoms with E-state index in [1.54, 1.807) is 21.3 Å². The third-order valence-corrected chi connectivity index (χ3v) is 10.8. The van der Waals surface area contributed by atoms with E-state index >= 15 is 0 Å². The molecule has 0 N–H and O–H groups in total. The van der Waals surface area contributed by atoms with Gasteiger partial charge in [-0.05, 0) is 19.3 Å². The molecule has 0 spiro atoms. The maximum atomic E-state index is 11.4. The largest absolute Gasteiger partial charge is 0.558 e. The fraction of sp³-hybridized carbons (Fsp3) is 1.00. The number of nitrogens with zero attached hydrogens (tertiary/aromatic N) is 2. The Morgan fingerprint density at radius 2 is 1.36 bits per heavy atom. The number of sulfonamides is 2. The molecule has 0 amide bonds. The lowest BCUT2D eigenvalue weighted by Gasteiger charge is -2.44.